The molecule has 2 bridgehead atoms. The molecule has 2 unspecified atom stereocenters. The number of nitrogens with zero attached hydrogens (tertiary/aromatic N) is 1. The molecule has 1 aromatic heterocycles. The first kappa shape index (κ1) is 16.8. The van der Waals surface area contributed by atoms with Crippen LogP contribution in [0.1, 0.15) is 81.2 Å². The van der Waals surface area contributed by atoms with Gasteiger partial charge in [0, 0.05) is 13.0 Å². The number of rotatable bonds is 1. The van der Waals surface area contributed by atoms with Gasteiger partial charge in [0.05, 0.1) is 12.3 Å². The molecule has 0 N–H and O–H groups in total. The van der Waals surface area contributed by atoms with E-state index in [0.717, 1.165) is 22.9 Å². The zero-order chi connectivity index (χ0) is 20.7. The molecule has 2 aromatic carbocycles. The summed E-state index contributed by atoms with van der Waals surface area (Å²) in [4.78, 5) is 0. The molecule has 1 nitrogen and oxygen atoms in total. The van der Waals surface area contributed by atoms with Gasteiger partial charge in [0.1, 0.15) is 7.05 Å². The molecule has 1 heterocycles. The molecule has 2 aliphatic rings. The Morgan fingerprint density at radius 2 is 1.68 bits per heavy atom. The van der Waals surface area contributed by atoms with Crippen molar-refractivity contribution in [1.29, 1.82) is 0 Å². The topological polar surface area (TPSA) is 3.88 Å². The lowest BCUT2D eigenvalue weighted by molar-refractivity contribution is -0.665. The maximum absolute atomic E-state index is 8.81. The number of hydrogen-bond donors (Lipinski definition) is 0. The fourth-order valence-corrected chi connectivity index (χ4v) is 5.53. The van der Waals surface area contributed by atoms with Gasteiger partial charge in [-0.15, -0.1) is 0 Å². The molecule has 0 radical (unpaired) electrons. The van der Waals surface area contributed by atoms with Crippen LogP contribution in [0.5, 0.6) is 0 Å². The molecule has 2 aliphatic carbocycles. The third-order valence-electron chi connectivity index (χ3n) is 7.29. The van der Waals surface area contributed by atoms with Crippen LogP contribution < -0.4 is 4.57 Å². The third-order valence-corrected chi connectivity index (χ3v) is 7.29. The smallest absolute Gasteiger partial charge is 0.198 e. The van der Waals surface area contributed by atoms with Crippen molar-refractivity contribution < 1.29 is 5.94 Å². The Bertz CT molecular complexity index is 1170. The molecule has 0 amide bonds. The van der Waals surface area contributed by atoms with Crippen molar-refractivity contribution in [2.24, 2.45) is 7.05 Å². The van der Waals surface area contributed by atoms with Crippen molar-refractivity contribution in [1.82, 2.24) is 0 Å². The lowest BCUT2D eigenvalue weighted by Gasteiger charge is -2.21. The highest BCUT2D eigenvalue weighted by atomic mass is 14.9. The summed E-state index contributed by atoms with van der Waals surface area (Å²) < 4.78 is 11.1. The van der Waals surface area contributed by atoms with Crippen LogP contribution in [0.2, 0.25) is 0 Å². The van der Waals surface area contributed by atoms with Crippen molar-refractivity contribution in [3.05, 3.63) is 64.3 Å². The molecule has 5 rings (SSSR count). The maximum Gasteiger partial charge on any atom is 0.220 e. The van der Waals surface area contributed by atoms with Gasteiger partial charge in [-0.2, -0.15) is 4.57 Å². The minimum absolute atomic E-state index is 0.0788. The van der Waals surface area contributed by atoms with Crippen molar-refractivity contribution in [3.63, 3.8) is 0 Å². The summed E-state index contributed by atoms with van der Waals surface area (Å²) >= 11 is 0. The average Bonchev–Trinajstić information content (AvgIpc) is 3.28. The van der Waals surface area contributed by atoms with Crippen LogP contribution in [0.3, 0.4) is 0 Å². The molecular weight excluding hydrogens is 338 g/mol. The van der Waals surface area contributed by atoms with E-state index in [-0.39, 0.29) is 5.41 Å². The molecule has 0 aliphatic heterocycles. The summed E-state index contributed by atoms with van der Waals surface area (Å²) in [6.45, 7) is 11.1. The molecule has 3 aromatic rings. The molecule has 144 valence electrons. The summed E-state index contributed by atoms with van der Waals surface area (Å²) in [6, 6.07) is 12.4. The van der Waals surface area contributed by atoms with E-state index in [4.69, 9.17) is 1.37 Å². The van der Waals surface area contributed by atoms with E-state index >= 15 is 0 Å². The fraction of sp³-hybridized carbons (Fsp3) is 0.444. The summed E-state index contributed by atoms with van der Waals surface area (Å²) in [7, 11) is 2.12. The molecule has 0 saturated heterocycles. The molecule has 1 heteroatoms. The van der Waals surface area contributed by atoms with Gasteiger partial charge in [0.15, 0.2) is 5.69 Å². The van der Waals surface area contributed by atoms with Gasteiger partial charge < -0.3 is 0 Å². The monoisotopic (exact) mass is 371 g/mol. The van der Waals surface area contributed by atoms with Gasteiger partial charge in [-0.25, -0.2) is 0 Å². The predicted molar refractivity (Wildman–Crippen MR) is 118 cm³/mol. The molecule has 1 saturated carbocycles. The highest BCUT2D eigenvalue weighted by Gasteiger charge is 2.38. The SMILES string of the molecule is [2H]c1c(C)[n+](C)c(-c2cc3c(cc2C)C2CCC3C2)c2ccc(C(C)(C)C)cc12. The number of pyridine rings is 1. The molecule has 28 heavy (non-hydrogen) atoms. The minimum Gasteiger partial charge on any atom is -0.198 e. The van der Waals surface area contributed by atoms with Crippen molar-refractivity contribution >= 4 is 10.8 Å². The summed E-state index contributed by atoms with van der Waals surface area (Å²) in [6.07, 6.45) is 4.08. The van der Waals surface area contributed by atoms with Gasteiger partial charge >= 0.3 is 0 Å². The van der Waals surface area contributed by atoms with E-state index in [2.05, 4.69) is 76.6 Å². The number of aryl methyl sites for hydroxylation is 1. The second-order valence-electron chi connectivity index (χ2n) is 10.1. The first-order valence-corrected chi connectivity index (χ1v) is 10.7. The van der Waals surface area contributed by atoms with E-state index in [9.17, 15) is 0 Å². The Balaban J connectivity index is 1.81. The van der Waals surface area contributed by atoms with E-state index in [1.165, 1.54) is 47.0 Å². The van der Waals surface area contributed by atoms with Crippen LogP contribution >= 0.6 is 0 Å². The van der Waals surface area contributed by atoms with Crippen molar-refractivity contribution in [3.8, 4) is 11.3 Å². The van der Waals surface area contributed by atoms with E-state index in [0.29, 0.717) is 6.04 Å². The third kappa shape index (κ3) is 2.55. The zero-order valence-electron chi connectivity index (χ0n) is 19.1. The minimum atomic E-state index is 0.0788. The first-order chi connectivity index (χ1) is 13.7. The zero-order valence-corrected chi connectivity index (χ0v) is 18.1. The normalized spacial score (nSPS) is 21.3. The lowest BCUT2D eigenvalue weighted by Crippen LogP contribution is -2.35. The van der Waals surface area contributed by atoms with Crippen LogP contribution in [0.4, 0.5) is 0 Å². The summed E-state index contributed by atoms with van der Waals surface area (Å²) in [5.41, 5.74) is 9.57. The molecule has 2 atom stereocenters. The lowest BCUT2D eigenvalue weighted by atomic mass is 9.84. The number of hydrogen-bond acceptors (Lipinski definition) is 0. The Morgan fingerprint density at radius 1 is 1.00 bits per heavy atom. The molecule has 1 fully saturated rings. The quantitative estimate of drug-likeness (QED) is 0.424. The second kappa shape index (κ2) is 5.92. The first-order valence-electron chi connectivity index (χ1n) is 11.2. The number of aromatic nitrogens is 1. The summed E-state index contributed by atoms with van der Waals surface area (Å²) in [5, 5.41) is 2.27. The van der Waals surface area contributed by atoms with Crippen LogP contribution in [-0.2, 0) is 12.5 Å². The molecule has 0 spiro atoms. The van der Waals surface area contributed by atoms with Gasteiger partial charge in [-0.3, -0.25) is 0 Å². The van der Waals surface area contributed by atoms with E-state index in [1.807, 2.05) is 0 Å². The van der Waals surface area contributed by atoms with Crippen molar-refractivity contribution in [2.45, 2.75) is 71.1 Å². The van der Waals surface area contributed by atoms with Crippen LogP contribution in [-0.4, -0.2) is 0 Å². The van der Waals surface area contributed by atoms with Crippen LogP contribution in [0.15, 0.2) is 36.4 Å². The molecular formula is C27H32N+. The van der Waals surface area contributed by atoms with Gasteiger partial charge in [-0.05, 0) is 83.2 Å². The maximum atomic E-state index is 8.81. The Morgan fingerprint density at radius 3 is 2.36 bits per heavy atom. The van der Waals surface area contributed by atoms with E-state index < -0.39 is 0 Å². The standard InChI is InChI=1S/C27H32N/c1-16-11-24-18-7-8-19(13-18)25(24)15-23(16)26-22-10-9-21(27(3,4)5)14-20(22)12-17(2)28(26)6/h9-12,14-15,18-19H,7-8,13H2,1-6H3/q+1/i12D. The average molecular weight is 372 g/mol. The van der Waals surface area contributed by atoms with E-state index in [1.54, 1.807) is 11.1 Å². The van der Waals surface area contributed by atoms with Gasteiger partial charge in [0.2, 0.25) is 5.69 Å². The van der Waals surface area contributed by atoms with Gasteiger partial charge in [0.25, 0.3) is 0 Å². The van der Waals surface area contributed by atoms with Gasteiger partial charge in [-0.1, -0.05) is 39.0 Å². The summed E-state index contributed by atoms with van der Waals surface area (Å²) in [5.74, 6) is 1.55. The second-order valence-corrected chi connectivity index (χ2v) is 10.1. The van der Waals surface area contributed by atoms with Crippen LogP contribution in [0.25, 0.3) is 22.0 Å². The Labute approximate surface area is 170 Å². The Hall–Kier alpha value is -2.15. The highest BCUT2D eigenvalue weighted by molar-refractivity contribution is 5.94. The van der Waals surface area contributed by atoms with Crippen LogP contribution in [0, 0.1) is 13.8 Å². The highest BCUT2D eigenvalue weighted by Crippen LogP contribution is 2.54. The number of fused-ring (bicyclic) bond motifs is 6. The predicted octanol–water partition coefficient (Wildman–Crippen LogP) is 6.61. The Kier molecular flexibility index (Phi) is 3.55. The fourth-order valence-electron chi connectivity index (χ4n) is 5.53. The number of benzene rings is 2. The van der Waals surface area contributed by atoms with Crippen molar-refractivity contribution in [2.75, 3.05) is 0 Å². The largest absolute Gasteiger partial charge is 0.220 e.